The van der Waals surface area contributed by atoms with Crippen LogP contribution in [0.15, 0.2) is 4.99 Å². The van der Waals surface area contributed by atoms with E-state index < -0.39 is 0 Å². The van der Waals surface area contributed by atoms with Crippen LogP contribution in [0, 0.1) is 17.3 Å². The van der Waals surface area contributed by atoms with Gasteiger partial charge in [-0.1, -0.05) is 6.92 Å². The van der Waals surface area contributed by atoms with Crippen LogP contribution in [0.5, 0.6) is 0 Å². The third kappa shape index (κ3) is 2.50. The lowest BCUT2D eigenvalue weighted by Crippen LogP contribution is -2.47. The maximum absolute atomic E-state index is 4.49. The van der Waals surface area contributed by atoms with Gasteiger partial charge in [0.05, 0.1) is 0 Å². The van der Waals surface area contributed by atoms with Gasteiger partial charge in [0, 0.05) is 26.7 Å². The molecule has 0 aromatic carbocycles. The van der Waals surface area contributed by atoms with Gasteiger partial charge in [-0.15, -0.1) is 0 Å². The fraction of sp³-hybridized carbons (Fsp3) is 0.933. The van der Waals surface area contributed by atoms with E-state index in [2.05, 4.69) is 22.1 Å². The van der Waals surface area contributed by atoms with E-state index in [-0.39, 0.29) is 0 Å². The Kier molecular flexibility index (Phi) is 3.25. The van der Waals surface area contributed by atoms with Gasteiger partial charge >= 0.3 is 0 Å². The van der Waals surface area contributed by atoms with Crippen molar-refractivity contribution in [2.75, 3.05) is 26.7 Å². The Hall–Kier alpha value is -0.730. The van der Waals surface area contributed by atoms with E-state index in [0.717, 1.165) is 24.3 Å². The van der Waals surface area contributed by atoms with Crippen molar-refractivity contribution in [3.8, 4) is 0 Å². The second-order valence-corrected chi connectivity index (χ2v) is 6.73. The fourth-order valence-electron chi connectivity index (χ4n) is 3.55. The summed E-state index contributed by atoms with van der Waals surface area (Å²) in [5.41, 5.74) is 0.664. The highest BCUT2D eigenvalue weighted by atomic mass is 15.3. The highest BCUT2D eigenvalue weighted by Gasteiger charge is 2.53. The topological polar surface area (TPSA) is 27.6 Å². The molecule has 18 heavy (non-hydrogen) atoms. The predicted molar refractivity (Wildman–Crippen MR) is 75.7 cm³/mol. The molecule has 0 aromatic rings. The summed E-state index contributed by atoms with van der Waals surface area (Å²) in [5.74, 6) is 2.99. The van der Waals surface area contributed by atoms with E-state index in [1.54, 1.807) is 0 Å². The number of rotatable bonds is 3. The van der Waals surface area contributed by atoms with Crippen LogP contribution in [0.3, 0.4) is 0 Å². The summed E-state index contributed by atoms with van der Waals surface area (Å²) >= 11 is 0. The van der Waals surface area contributed by atoms with Gasteiger partial charge in [0.2, 0.25) is 0 Å². The molecule has 0 aromatic heterocycles. The maximum Gasteiger partial charge on any atom is 0.193 e. The van der Waals surface area contributed by atoms with Crippen molar-refractivity contribution in [3.05, 3.63) is 0 Å². The molecule has 0 bridgehead atoms. The number of nitrogens with zero attached hydrogens (tertiary/aromatic N) is 2. The monoisotopic (exact) mass is 249 g/mol. The van der Waals surface area contributed by atoms with Crippen LogP contribution in [0.4, 0.5) is 0 Å². The minimum Gasteiger partial charge on any atom is -0.356 e. The van der Waals surface area contributed by atoms with E-state index in [1.165, 1.54) is 51.6 Å². The normalized spacial score (nSPS) is 31.3. The minimum atomic E-state index is 0.664. The molecule has 0 spiro atoms. The van der Waals surface area contributed by atoms with Gasteiger partial charge < -0.3 is 10.2 Å². The molecule has 1 heterocycles. The second-order valence-electron chi connectivity index (χ2n) is 6.73. The number of hydrogen-bond acceptors (Lipinski definition) is 1. The lowest BCUT2D eigenvalue weighted by atomic mass is 10.00. The number of hydrogen-bond donors (Lipinski definition) is 1. The molecule has 3 aliphatic rings. The van der Waals surface area contributed by atoms with Crippen molar-refractivity contribution in [1.82, 2.24) is 10.2 Å². The molecule has 1 aliphatic heterocycles. The zero-order chi connectivity index (χ0) is 12.6. The lowest BCUT2D eigenvalue weighted by molar-refractivity contribution is 0.263. The Morgan fingerprint density at radius 1 is 1.33 bits per heavy atom. The van der Waals surface area contributed by atoms with Crippen LogP contribution in [0.1, 0.15) is 45.4 Å². The third-order valence-corrected chi connectivity index (χ3v) is 5.10. The summed E-state index contributed by atoms with van der Waals surface area (Å²) in [4.78, 5) is 6.94. The van der Waals surface area contributed by atoms with E-state index in [9.17, 15) is 0 Å². The number of aliphatic imine (C=N–C) groups is 1. The van der Waals surface area contributed by atoms with E-state index in [1.807, 2.05) is 7.05 Å². The van der Waals surface area contributed by atoms with Crippen molar-refractivity contribution in [1.29, 1.82) is 0 Å². The SMILES string of the molecule is CN=C(NCC1(C2CC2)CC1)N1CCCC(C)C1. The Labute approximate surface area is 111 Å². The Morgan fingerprint density at radius 2 is 2.11 bits per heavy atom. The van der Waals surface area contributed by atoms with Gasteiger partial charge in [-0.05, 0) is 55.8 Å². The van der Waals surface area contributed by atoms with Crippen molar-refractivity contribution in [2.45, 2.75) is 45.4 Å². The first-order valence-corrected chi connectivity index (χ1v) is 7.69. The summed E-state index contributed by atoms with van der Waals surface area (Å²) < 4.78 is 0. The van der Waals surface area contributed by atoms with Crippen LogP contribution >= 0.6 is 0 Å². The highest BCUT2D eigenvalue weighted by molar-refractivity contribution is 5.80. The Bertz CT molecular complexity index is 329. The maximum atomic E-state index is 4.49. The van der Waals surface area contributed by atoms with Gasteiger partial charge in [-0.3, -0.25) is 4.99 Å². The number of nitrogens with one attached hydrogen (secondary N) is 1. The number of piperidine rings is 1. The molecule has 1 atom stereocenters. The Balaban J connectivity index is 1.53. The standard InChI is InChI=1S/C15H27N3/c1-12-4-3-9-18(10-12)14(16-2)17-11-15(7-8-15)13-5-6-13/h12-13H,3-11H2,1-2H3,(H,16,17). The highest BCUT2D eigenvalue weighted by Crippen LogP contribution is 2.60. The van der Waals surface area contributed by atoms with Crippen LogP contribution in [0.25, 0.3) is 0 Å². The van der Waals surface area contributed by atoms with Gasteiger partial charge in [0.1, 0.15) is 0 Å². The molecule has 1 saturated heterocycles. The van der Waals surface area contributed by atoms with E-state index >= 15 is 0 Å². The lowest BCUT2D eigenvalue weighted by Gasteiger charge is -2.34. The van der Waals surface area contributed by atoms with Gasteiger partial charge in [-0.25, -0.2) is 0 Å². The molecule has 2 saturated carbocycles. The molecular weight excluding hydrogens is 222 g/mol. The van der Waals surface area contributed by atoms with Crippen LogP contribution in [0.2, 0.25) is 0 Å². The average molecular weight is 249 g/mol. The van der Waals surface area contributed by atoms with Crippen molar-refractivity contribution < 1.29 is 0 Å². The molecule has 0 amide bonds. The van der Waals surface area contributed by atoms with Gasteiger partial charge in [0.25, 0.3) is 0 Å². The molecule has 3 nitrogen and oxygen atoms in total. The predicted octanol–water partition coefficient (Wildman–Crippen LogP) is 2.48. The molecule has 1 N–H and O–H groups in total. The third-order valence-electron chi connectivity index (χ3n) is 5.10. The van der Waals surface area contributed by atoms with Gasteiger partial charge in [0.15, 0.2) is 5.96 Å². The first kappa shape index (κ1) is 12.3. The van der Waals surface area contributed by atoms with Crippen molar-refractivity contribution >= 4 is 5.96 Å². The zero-order valence-electron chi connectivity index (χ0n) is 11.9. The van der Waals surface area contributed by atoms with Crippen LogP contribution in [-0.2, 0) is 0 Å². The fourth-order valence-corrected chi connectivity index (χ4v) is 3.55. The molecule has 3 rings (SSSR count). The number of guanidine groups is 1. The first-order chi connectivity index (χ1) is 8.73. The smallest absolute Gasteiger partial charge is 0.193 e. The van der Waals surface area contributed by atoms with Crippen molar-refractivity contribution in [3.63, 3.8) is 0 Å². The molecule has 2 aliphatic carbocycles. The quantitative estimate of drug-likeness (QED) is 0.615. The molecule has 102 valence electrons. The van der Waals surface area contributed by atoms with E-state index in [0.29, 0.717) is 5.41 Å². The second kappa shape index (κ2) is 4.75. The first-order valence-electron chi connectivity index (χ1n) is 7.69. The average Bonchev–Trinajstić information content (AvgIpc) is 3.24. The summed E-state index contributed by atoms with van der Waals surface area (Å²) in [6.45, 7) is 5.87. The van der Waals surface area contributed by atoms with Crippen molar-refractivity contribution in [2.24, 2.45) is 22.2 Å². The molecule has 3 heteroatoms. The zero-order valence-corrected chi connectivity index (χ0v) is 11.9. The van der Waals surface area contributed by atoms with Crippen LogP contribution < -0.4 is 5.32 Å². The van der Waals surface area contributed by atoms with E-state index in [4.69, 9.17) is 0 Å². The molecule has 0 radical (unpaired) electrons. The largest absolute Gasteiger partial charge is 0.356 e. The summed E-state index contributed by atoms with van der Waals surface area (Å²) in [7, 11) is 1.93. The summed E-state index contributed by atoms with van der Waals surface area (Å²) in [6, 6.07) is 0. The summed E-state index contributed by atoms with van der Waals surface area (Å²) in [5, 5.41) is 3.66. The molecule has 1 unspecified atom stereocenters. The summed E-state index contributed by atoms with van der Waals surface area (Å²) in [6.07, 6.45) is 8.52. The minimum absolute atomic E-state index is 0.664. The van der Waals surface area contributed by atoms with Gasteiger partial charge in [-0.2, -0.15) is 0 Å². The molecule has 3 fully saturated rings. The Morgan fingerprint density at radius 3 is 2.67 bits per heavy atom. The number of likely N-dealkylation sites (tertiary alicyclic amines) is 1. The van der Waals surface area contributed by atoms with Crippen LogP contribution in [-0.4, -0.2) is 37.5 Å². The molecular formula is C15H27N3.